The standard InChI is InChI=1S/C15H15NO2S/c17-11-14(12-5-2-1-3-6-12)16-15(18)9-8-13-7-4-10-19-13/h1-10,14,17H,11H2,(H,16,18). The molecule has 0 spiro atoms. The molecule has 0 aliphatic rings. The van der Waals surface area contributed by atoms with Gasteiger partial charge in [-0.15, -0.1) is 11.3 Å². The first-order valence-electron chi connectivity index (χ1n) is 5.97. The molecule has 0 aliphatic heterocycles. The van der Waals surface area contributed by atoms with Gasteiger partial charge in [0.15, 0.2) is 0 Å². The zero-order chi connectivity index (χ0) is 13.5. The highest BCUT2D eigenvalue weighted by Gasteiger charge is 2.11. The van der Waals surface area contributed by atoms with Crippen molar-refractivity contribution in [3.8, 4) is 0 Å². The second-order valence-electron chi connectivity index (χ2n) is 4.00. The van der Waals surface area contributed by atoms with Gasteiger partial charge in [0, 0.05) is 11.0 Å². The molecule has 2 aromatic rings. The summed E-state index contributed by atoms with van der Waals surface area (Å²) in [7, 11) is 0. The highest BCUT2D eigenvalue weighted by Crippen LogP contribution is 2.12. The molecule has 1 aromatic carbocycles. The maximum absolute atomic E-state index is 11.8. The van der Waals surface area contributed by atoms with Crippen molar-refractivity contribution >= 4 is 23.3 Å². The van der Waals surface area contributed by atoms with Crippen LogP contribution in [0, 0.1) is 0 Å². The van der Waals surface area contributed by atoms with Crippen LogP contribution in [0.5, 0.6) is 0 Å². The fourth-order valence-electron chi connectivity index (χ4n) is 1.68. The van der Waals surface area contributed by atoms with E-state index in [9.17, 15) is 9.90 Å². The first kappa shape index (κ1) is 13.5. The number of amides is 1. The lowest BCUT2D eigenvalue weighted by atomic mass is 10.1. The Hall–Kier alpha value is -1.91. The topological polar surface area (TPSA) is 49.3 Å². The molecule has 3 nitrogen and oxygen atoms in total. The van der Waals surface area contributed by atoms with E-state index in [2.05, 4.69) is 5.32 Å². The fourth-order valence-corrected chi connectivity index (χ4v) is 2.30. The number of aliphatic hydroxyl groups is 1. The van der Waals surface area contributed by atoms with Crippen molar-refractivity contribution in [3.05, 3.63) is 64.4 Å². The summed E-state index contributed by atoms with van der Waals surface area (Å²) in [5.41, 5.74) is 0.892. The van der Waals surface area contributed by atoms with Crippen molar-refractivity contribution < 1.29 is 9.90 Å². The smallest absolute Gasteiger partial charge is 0.244 e. The summed E-state index contributed by atoms with van der Waals surface area (Å²) < 4.78 is 0. The molecule has 2 N–H and O–H groups in total. The highest BCUT2D eigenvalue weighted by atomic mass is 32.1. The molecule has 19 heavy (non-hydrogen) atoms. The lowest BCUT2D eigenvalue weighted by Gasteiger charge is -2.15. The second kappa shape index (κ2) is 6.87. The Morgan fingerprint density at radius 1 is 1.26 bits per heavy atom. The molecule has 4 heteroatoms. The molecule has 1 amide bonds. The first-order chi connectivity index (χ1) is 9.29. The maximum atomic E-state index is 11.8. The SMILES string of the molecule is O=C(C=Cc1cccs1)NC(CO)c1ccccc1. The highest BCUT2D eigenvalue weighted by molar-refractivity contribution is 7.10. The molecule has 0 bridgehead atoms. The number of thiophene rings is 1. The third-order valence-electron chi connectivity index (χ3n) is 2.64. The third kappa shape index (κ3) is 4.05. The minimum Gasteiger partial charge on any atom is -0.394 e. The molecule has 1 atom stereocenters. The van der Waals surface area contributed by atoms with Gasteiger partial charge in [-0.3, -0.25) is 4.79 Å². The van der Waals surface area contributed by atoms with Crippen LogP contribution >= 0.6 is 11.3 Å². The van der Waals surface area contributed by atoms with Crippen LogP contribution in [0.4, 0.5) is 0 Å². The van der Waals surface area contributed by atoms with E-state index in [1.165, 1.54) is 6.08 Å². The Morgan fingerprint density at radius 3 is 2.68 bits per heavy atom. The number of nitrogens with one attached hydrogen (secondary N) is 1. The van der Waals surface area contributed by atoms with Gasteiger partial charge in [-0.1, -0.05) is 36.4 Å². The molecule has 1 unspecified atom stereocenters. The molecule has 2 rings (SSSR count). The monoisotopic (exact) mass is 273 g/mol. The second-order valence-corrected chi connectivity index (χ2v) is 4.98. The molecule has 0 saturated heterocycles. The average molecular weight is 273 g/mol. The fraction of sp³-hybridized carbons (Fsp3) is 0.133. The molecule has 0 saturated carbocycles. The molecule has 1 aromatic heterocycles. The van der Waals surface area contributed by atoms with Crippen LogP contribution in [-0.4, -0.2) is 17.6 Å². The Morgan fingerprint density at radius 2 is 2.05 bits per heavy atom. The summed E-state index contributed by atoms with van der Waals surface area (Å²) in [5, 5.41) is 14.1. The van der Waals surface area contributed by atoms with E-state index in [0.29, 0.717) is 0 Å². The number of aliphatic hydroxyl groups excluding tert-OH is 1. The molecule has 1 heterocycles. The number of benzene rings is 1. The number of carbonyl (C=O) groups excluding carboxylic acids is 1. The summed E-state index contributed by atoms with van der Waals surface area (Å²) in [5.74, 6) is -0.212. The Bertz CT molecular complexity index is 535. The van der Waals surface area contributed by atoms with E-state index in [0.717, 1.165) is 10.4 Å². The van der Waals surface area contributed by atoms with E-state index in [-0.39, 0.29) is 18.6 Å². The van der Waals surface area contributed by atoms with Crippen molar-refractivity contribution in [1.82, 2.24) is 5.32 Å². The Kier molecular flexibility index (Phi) is 4.89. The normalized spacial score (nSPS) is 12.5. The van der Waals surface area contributed by atoms with Gasteiger partial charge in [0.1, 0.15) is 0 Å². The minimum atomic E-state index is -0.373. The van der Waals surface area contributed by atoms with Crippen molar-refractivity contribution in [2.45, 2.75) is 6.04 Å². The van der Waals surface area contributed by atoms with Gasteiger partial charge >= 0.3 is 0 Å². The number of hydrogen-bond acceptors (Lipinski definition) is 3. The van der Waals surface area contributed by atoms with Crippen molar-refractivity contribution in [2.24, 2.45) is 0 Å². The van der Waals surface area contributed by atoms with Gasteiger partial charge in [0.2, 0.25) is 5.91 Å². The number of carbonyl (C=O) groups is 1. The van der Waals surface area contributed by atoms with Crippen LogP contribution in [0.2, 0.25) is 0 Å². The van der Waals surface area contributed by atoms with Gasteiger partial charge < -0.3 is 10.4 Å². The van der Waals surface area contributed by atoms with E-state index < -0.39 is 0 Å². The van der Waals surface area contributed by atoms with Crippen LogP contribution in [0.1, 0.15) is 16.5 Å². The van der Waals surface area contributed by atoms with Crippen LogP contribution in [0.15, 0.2) is 53.9 Å². The van der Waals surface area contributed by atoms with Crippen LogP contribution in [-0.2, 0) is 4.79 Å². The third-order valence-corrected chi connectivity index (χ3v) is 3.48. The number of rotatable bonds is 5. The van der Waals surface area contributed by atoms with Crippen molar-refractivity contribution in [3.63, 3.8) is 0 Å². The summed E-state index contributed by atoms with van der Waals surface area (Å²) in [6.45, 7) is -0.122. The van der Waals surface area contributed by atoms with Gasteiger partial charge in [-0.05, 0) is 23.1 Å². The lowest BCUT2D eigenvalue weighted by molar-refractivity contribution is -0.117. The molecule has 0 radical (unpaired) electrons. The summed E-state index contributed by atoms with van der Waals surface area (Å²) in [4.78, 5) is 12.8. The predicted octanol–water partition coefficient (Wildman–Crippen LogP) is 2.61. The van der Waals surface area contributed by atoms with Gasteiger partial charge in [-0.2, -0.15) is 0 Å². The Balaban J connectivity index is 1.97. The first-order valence-corrected chi connectivity index (χ1v) is 6.85. The molecular weight excluding hydrogens is 258 g/mol. The predicted molar refractivity (Wildman–Crippen MR) is 77.8 cm³/mol. The van der Waals surface area contributed by atoms with Gasteiger partial charge in [-0.25, -0.2) is 0 Å². The quantitative estimate of drug-likeness (QED) is 0.823. The van der Waals surface area contributed by atoms with Crippen molar-refractivity contribution in [2.75, 3.05) is 6.61 Å². The Labute approximate surface area is 116 Å². The largest absolute Gasteiger partial charge is 0.394 e. The summed E-state index contributed by atoms with van der Waals surface area (Å²) >= 11 is 1.57. The number of hydrogen-bond donors (Lipinski definition) is 2. The molecule has 98 valence electrons. The zero-order valence-corrected chi connectivity index (χ0v) is 11.1. The summed E-state index contributed by atoms with van der Waals surface area (Å²) in [6.07, 6.45) is 3.25. The van der Waals surface area contributed by atoms with Crippen LogP contribution in [0.3, 0.4) is 0 Å². The van der Waals surface area contributed by atoms with E-state index in [1.54, 1.807) is 17.4 Å². The molecule has 0 fully saturated rings. The average Bonchev–Trinajstić information content (AvgIpc) is 2.97. The lowest BCUT2D eigenvalue weighted by Crippen LogP contribution is -2.29. The van der Waals surface area contributed by atoms with Gasteiger partial charge in [0.25, 0.3) is 0 Å². The van der Waals surface area contributed by atoms with Gasteiger partial charge in [0.05, 0.1) is 12.6 Å². The van der Waals surface area contributed by atoms with E-state index >= 15 is 0 Å². The molecular formula is C15H15NO2S. The van der Waals surface area contributed by atoms with E-state index in [4.69, 9.17) is 0 Å². The minimum absolute atomic E-state index is 0.122. The summed E-state index contributed by atoms with van der Waals surface area (Å²) in [6, 6.07) is 12.9. The maximum Gasteiger partial charge on any atom is 0.244 e. The van der Waals surface area contributed by atoms with Crippen LogP contribution in [0.25, 0.3) is 6.08 Å². The van der Waals surface area contributed by atoms with Crippen LogP contribution < -0.4 is 5.32 Å². The molecule has 0 aliphatic carbocycles. The van der Waals surface area contributed by atoms with Crippen molar-refractivity contribution in [1.29, 1.82) is 0 Å². The van der Waals surface area contributed by atoms with E-state index in [1.807, 2.05) is 47.8 Å². The zero-order valence-electron chi connectivity index (χ0n) is 10.3.